The Labute approximate surface area is 145 Å². The molecule has 1 aromatic rings. The van der Waals surface area contributed by atoms with Crippen molar-refractivity contribution in [3.63, 3.8) is 0 Å². The highest BCUT2D eigenvalue weighted by molar-refractivity contribution is 5.82. The topological polar surface area (TPSA) is 43.8 Å². The van der Waals surface area contributed by atoms with Crippen molar-refractivity contribution in [3.8, 4) is 0 Å². The lowest BCUT2D eigenvalue weighted by molar-refractivity contribution is -0.148. The number of likely N-dealkylation sites (tertiary alicyclic amines) is 2. The first-order valence-corrected chi connectivity index (χ1v) is 9.22. The average Bonchev–Trinajstić information content (AvgIpc) is 2.60. The second kappa shape index (κ2) is 7.24. The van der Waals surface area contributed by atoms with Crippen molar-refractivity contribution < 1.29 is 9.90 Å². The van der Waals surface area contributed by atoms with Gasteiger partial charge in [-0.2, -0.15) is 0 Å². The van der Waals surface area contributed by atoms with Gasteiger partial charge in [0.15, 0.2) is 0 Å². The second-order valence-corrected chi connectivity index (χ2v) is 7.91. The van der Waals surface area contributed by atoms with E-state index >= 15 is 0 Å². The van der Waals surface area contributed by atoms with Gasteiger partial charge in [0.2, 0.25) is 5.91 Å². The highest BCUT2D eigenvalue weighted by Crippen LogP contribution is 2.34. The molecule has 0 radical (unpaired) electrons. The van der Waals surface area contributed by atoms with Gasteiger partial charge in [-0.1, -0.05) is 44.2 Å². The lowest BCUT2D eigenvalue weighted by Crippen LogP contribution is -2.53. The third kappa shape index (κ3) is 3.81. The molecule has 4 heteroatoms. The molecule has 2 atom stereocenters. The summed E-state index contributed by atoms with van der Waals surface area (Å²) in [5.41, 5.74) is 1.06. The number of carbonyl (C=O) groups is 1. The molecule has 0 saturated carbocycles. The molecule has 2 heterocycles. The van der Waals surface area contributed by atoms with Gasteiger partial charge in [-0.25, -0.2) is 0 Å². The standard InChI is InChI=1S/C20H30N2O2/c1-16-8-11-22(15-18(16)23)19(24)20(2)9-12-21(13-10-20)14-17-6-4-3-5-7-17/h3-7,16,18,23H,8-15H2,1-2H3/t16-,18+/m0/s1. The van der Waals surface area contributed by atoms with Crippen LogP contribution in [0.5, 0.6) is 0 Å². The van der Waals surface area contributed by atoms with Crippen molar-refractivity contribution in [1.82, 2.24) is 9.80 Å². The van der Waals surface area contributed by atoms with Crippen LogP contribution in [-0.4, -0.2) is 53.1 Å². The third-order valence-corrected chi connectivity index (χ3v) is 5.93. The number of benzene rings is 1. The SMILES string of the molecule is C[C@H]1CCN(C(=O)C2(C)CCN(Cc3ccccc3)CC2)C[C@H]1O. The quantitative estimate of drug-likeness (QED) is 0.926. The number of hydrogen-bond donors (Lipinski definition) is 1. The van der Waals surface area contributed by atoms with Gasteiger partial charge in [0.25, 0.3) is 0 Å². The van der Waals surface area contributed by atoms with E-state index in [2.05, 4.69) is 43.0 Å². The Balaban J connectivity index is 1.55. The van der Waals surface area contributed by atoms with E-state index in [4.69, 9.17) is 0 Å². The maximum absolute atomic E-state index is 13.0. The zero-order chi connectivity index (χ0) is 17.2. The number of carbonyl (C=O) groups excluding carboxylic acids is 1. The molecule has 24 heavy (non-hydrogen) atoms. The Morgan fingerprint density at radius 2 is 1.88 bits per heavy atom. The Bertz CT molecular complexity index is 552. The maximum Gasteiger partial charge on any atom is 0.228 e. The van der Waals surface area contributed by atoms with E-state index in [1.807, 2.05) is 11.0 Å². The van der Waals surface area contributed by atoms with Gasteiger partial charge in [-0.3, -0.25) is 9.69 Å². The maximum atomic E-state index is 13.0. The van der Waals surface area contributed by atoms with Gasteiger partial charge in [-0.05, 0) is 43.8 Å². The molecule has 0 unspecified atom stereocenters. The van der Waals surface area contributed by atoms with Gasteiger partial charge in [0.05, 0.1) is 6.10 Å². The molecule has 132 valence electrons. The first-order chi connectivity index (χ1) is 11.5. The minimum absolute atomic E-state index is 0.243. The molecule has 0 aromatic heterocycles. The number of nitrogens with zero attached hydrogens (tertiary/aromatic N) is 2. The monoisotopic (exact) mass is 330 g/mol. The summed E-state index contributed by atoms with van der Waals surface area (Å²) in [6.45, 7) is 8.36. The average molecular weight is 330 g/mol. The van der Waals surface area contributed by atoms with Crippen molar-refractivity contribution in [2.24, 2.45) is 11.3 Å². The van der Waals surface area contributed by atoms with E-state index in [0.717, 1.165) is 45.4 Å². The lowest BCUT2D eigenvalue weighted by Gasteiger charge is -2.43. The smallest absolute Gasteiger partial charge is 0.228 e. The minimum Gasteiger partial charge on any atom is -0.391 e. The summed E-state index contributed by atoms with van der Waals surface area (Å²) in [5, 5.41) is 10.1. The molecule has 2 aliphatic heterocycles. The summed E-state index contributed by atoms with van der Waals surface area (Å²) >= 11 is 0. The second-order valence-electron chi connectivity index (χ2n) is 7.91. The molecule has 4 nitrogen and oxygen atoms in total. The number of β-amino-alcohol motifs (C(OH)–C–C–N with tert-alkyl or cyclic N) is 1. The number of piperidine rings is 2. The fraction of sp³-hybridized carbons (Fsp3) is 0.650. The first-order valence-electron chi connectivity index (χ1n) is 9.22. The van der Waals surface area contributed by atoms with Crippen LogP contribution >= 0.6 is 0 Å². The van der Waals surface area contributed by atoms with Gasteiger partial charge in [-0.15, -0.1) is 0 Å². The van der Waals surface area contributed by atoms with Crippen molar-refractivity contribution in [2.75, 3.05) is 26.2 Å². The fourth-order valence-corrected chi connectivity index (χ4v) is 3.88. The zero-order valence-corrected chi connectivity index (χ0v) is 14.9. The normalized spacial score (nSPS) is 27.9. The summed E-state index contributed by atoms with van der Waals surface area (Å²) < 4.78 is 0. The Hall–Kier alpha value is -1.39. The van der Waals surface area contributed by atoms with Gasteiger partial charge >= 0.3 is 0 Å². The highest BCUT2D eigenvalue weighted by atomic mass is 16.3. The van der Waals surface area contributed by atoms with Gasteiger partial charge < -0.3 is 10.0 Å². The van der Waals surface area contributed by atoms with Crippen molar-refractivity contribution >= 4 is 5.91 Å². The number of aliphatic hydroxyl groups is 1. The first kappa shape index (κ1) is 17.4. The van der Waals surface area contributed by atoms with Crippen LogP contribution in [0.1, 0.15) is 38.7 Å². The third-order valence-electron chi connectivity index (χ3n) is 5.93. The van der Waals surface area contributed by atoms with Crippen LogP contribution in [-0.2, 0) is 11.3 Å². The van der Waals surface area contributed by atoms with Crippen molar-refractivity contribution in [3.05, 3.63) is 35.9 Å². The van der Waals surface area contributed by atoms with Crippen molar-refractivity contribution in [2.45, 2.75) is 45.8 Å². The summed E-state index contributed by atoms with van der Waals surface area (Å²) in [4.78, 5) is 17.3. The molecule has 2 fully saturated rings. The zero-order valence-electron chi connectivity index (χ0n) is 14.9. The summed E-state index contributed by atoms with van der Waals surface area (Å²) in [6, 6.07) is 10.5. The van der Waals surface area contributed by atoms with Crippen LogP contribution < -0.4 is 0 Å². The van der Waals surface area contributed by atoms with E-state index in [9.17, 15) is 9.90 Å². The van der Waals surface area contributed by atoms with Crippen LogP contribution in [0.4, 0.5) is 0 Å². The highest BCUT2D eigenvalue weighted by Gasteiger charge is 2.41. The van der Waals surface area contributed by atoms with Crippen LogP contribution in [0.2, 0.25) is 0 Å². The molecule has 1 amide bonds. The molecular formula is C20H30N2O2. The van der Waals surface area contributed by atoms with Gasteiger partial charge in [0, 0.05) is 25.0 Å². The van der Waals surface area contributed by atoms with Gasteiger partial charge in [0.1, 0.15) is 0 Å². The Kier molecular flexibility index (Phi) is 5.26. The summed E-state index contributed by atoms with van der Waals surface area (Å²) in [6.07, 6.45) is 2.34. The van der Waals surface area contributed by atoms with Crippen LogP contribution in [0.15, 0.2) is 30.3 Å². The molecule has 2 saturated heterocycles. The Morgan fingerprint density at radius 3 is 2.50 bits per heavy atom. The number of rotatable bonds is 3. The fourth-order valence-electron chi connectivity index (χ4n) is 3.88. The number of hydrogen-bond acceptors (Lipinski definition) is 3. The van der Waals surface area contributed by atoms with E-state index < -0.39 is 0 Å². The summed E-state index contributed by atoms with van der Waals surface area (Å²) in [5.74, 6) is 0.544. The lowest BCUT2D eigenvalue weighted by atomic mass is 9.78. The molecular weight excluding hydrogens is 300 g/mol. The summed E-state index contributed by atoms with van der Waals surface area (Å²) in [7, 11) is 0. The largest absolute Gasteiger partial charge is 0.391 e. The predicted octanol–water partition coefficient (Wildman–Crippen LogP) is 2.52. The minimum atomic E-state index is -0.371. The van der Waals surface area contributed by atoms with E-state index in [0.29, 0.717) is 12.5 Å². The molecule has 0 bridgehead atoms. The van der Waals surface area contributed by atoms with Crippen LogP contribution in [0, 0.1) is 11.3 Å². The van der Waals surface area contributed by atoms with E-state index in [-0.39, 0.29) is 17.4 Å². The molecule has 0 spiro atoms. The molecule has 2 aliphatic rings. The van der Waals surface area contributed by atoms with Crippen LogP contribution in [0.25, 0.3) is 0 Å². The Morgan fingerprint density at radius 1 is 1.21 bits per heavy atom. The molecule has 0 aliphatic carbocycles. The number of amides is 1. The molecule has 1 aromatic carbocycles. The number of aliphatic hydroxyl groups excluding tert-OH is 1. The van der Waals surface area contributed by atoms with Crippen LogP contribution in [0.3, 0.4) is 0 Å². The van der Waals surface area contributed by atoms with Crippen molar-refractivity contribution in [1.29, 1.82) is 0 Å². The van der Waals surface area contributed by atoms with E-state index in [1.54, 1.807) is 0 Å². The predicted molar refractivity (Wildman–Crippen MR) is 95.4 cm³/mol. The molecule has 3 rings (SSSR count). The molecule has 1 N–H and O–H groups in total. The van der Waals surface area contributed by atoms with E-state index in [1.165, 1.54) is 5.56 Å².